The highest BCUT2D eigenvalue weighted by atomic mass is 15.4. The molecule has 0 N–H and O–H groups in total. The summed E-state index contributed by atoms with van der Waals surface area (Å²) in [5.41, 5.74) is 6.06. The summed E-state index contributed by atoms with van der Waals surface area (Å²) in [4.78, 5) is 0. The fourth-order valence-corrected chi connectivity index (χ4v) is 4.16. The molecular weight excluding hydrogens is 320 g/mol. The van der Waals surface area contributed by atoms with E-state index in [0.717, 1.165) is 5.69 Å². The highest BCUT2D eigenvalue weighted by Gasteiger charge is 2.21. The second kappa shape index (κ2) is 6.13. The van der Waals surface area contributed by atoms with Crippen LogP contribution in [0.5, 0.6) is 0 Å². The highest BCUT2D eigenvalue weighted by molar-refractivity contribution is 5.85. The first-order valence-electron chi connectivity index (χ1n) is 9.36. The Morgan fingerprint density at radius 3 is 2.42 bits per heavy atom. The molecule has 2 aromatic heterocycles. The summed E-state index contributed by atoms with van der Waals surface area (Å²) in [6.07, 6.45) is 9.02. The van der Waals surface area contributed by atoms with Crippen LogP contribution in [0.1, 0.15) is 31.7 Å². The summed E-state index contributed by atoms with van der Waals surface area (Å²) in [7, 11) is 2.08. The van der Waals surface area contributed by atoms with Crippen molar-refractivity contribution in [2.24, 2.45) is 7.05 Å². The Balaban J connectivity index is 1.48. The molecule has 0 unspecified atom stereocenters. The number of rotatable bonds is 3. The number of nitrogens with zero attached hydrogens (tertiary/aromatic N) is 4. The third-order valence-corrected chi connectivity index (χ3v) is 5.64. The molecule has 1 fully saturated rings. The van der Waals surface area contributed by atoms with Crippen molar-refractivity contribution in [2.45, 2.75) is 31.7 Å². The van der Waals surface area contributed by atoms with E-state index in [0.29, 0.717) is 6.04 Å². The van der Waals surface area contributed by atoms with Crippen LogP contribution in [0, 0.1) is 0 Å². The quantitative estimate of drug-likeness (QED) is 0.512. The van der Waals surface area contributed by atoms with E-state index in [1.807, 2.05) is 6.20 Å². The van der Waals surface area contributed by atoms with Crippen molar-refractivity contribution in [1.82, 2.24) is 19.6 Å². The SMILES string of the molecule is Cn1ccc2cc(-c3ccc(-c4cnnn4C4CCCC4)cc3)ccc21. The van der Waals surface area contributed by atoms with Gasteiger partial charge in [-0.25, -0.2) is 4.68 Å². The van der Waals surface area contributed by atoms with Crippen LogP contribution in [-0.2, 0) is 7.05 Å². The van der Waals surface area contributed by atoms with Crippen molar-refractivity contribution in [1.29, 1.82) is 0 Å². The molecule has 0 bridgehead atoms. The molecular formula is C22H22N4. The topological polar surface area (TPSA) is 35.6 Å². The number of fused-ring (bicyclic) bond motifs is 1. The Morgan fingerprint density at radius 1 is 0.885 bits per heavy atom. The zero-order chi connectivity index (χ0) is 17.5. The van der Waals surface area contributed by atoms with Crippen molar-refractivity contribution in [3.63, 3.8) is 0 Å². The van der Waals surface area contributed by atoms with Crippen molar-refractivity contribution in [2.75, 3.05) is 0 Å². The second-order valence-electron chi connectivity index (χ2n) is 7.28. The van der Waals surface area contributed by atoms with Gasteiger partial charge in [-0.15, -0.1) is 5.10 Å². The maximum absolute atomic E-state index is 4.36. The minimum atomic E-state index is 0.507. The molecule has 1 aliphatic carbocycles. The maximum atomic E-state index is 4.36. The summed E-state index contributed by atoms with van der Waals surface area (Å²) in [6, 6.07) is 18.1. The molecule has 0 aliphatic heterocycles. The molecule has 0 amide bonds. The Bertz CT molecular complexity index is 1050. The van der Waals surface area contributed by atoms with Gasteiger partial charge in [0.1, 0.15) is 0 Å². The van der Waals surface area contributed by atoms with Crippen LogP contribution in [-0.4, -0.2) is 19.6 Å². The average Bonchev–Trinajstić information content (AvgIpc) is 3.42. The van der Waals surface area contributed by atoms with E-state index in [1.165, 1.54) is 53.3 Å². The van der Waals surface area contributed by atoms with E-state index >= 15 is 0 Å². The largest absolute Gasteiger partial charge is 0.351 e. The van der Waals surface area contributed by atoms with E-state index in [9.17, 15) is 0 Å². The van der Waals surface area contributed by atoms with Crippen LogP contribution in [0.3, 0.4) is 0 Å². The summed E-state index contributed by atoms with van der Waals surface area (Å²) in [6.45, 7) is 0. The van der Waals surface area contributed by atoms with Crippen molar-refractivity contribution in [3.05, 3.63) is 60.9 Å². The number of hydrogen-bond donors (Lipinski definition) is 0. The van der Waals surface area contributed by atoms with Gasteiger partial charge in [0.05, 0.1) is 17.9 Å². The van der Waals surface area contributed by atoms with E-state index in [-0.39, 0.29) is 0 Å². The molecule has 26 heavy (non-hydrogen) atoms. The molecule has 4 heteroatoms. The van der Waals surface area contributed by atoms with Crippen LogP contribution in [0.15, 0.2) is 60.9 Å². The van der Waals surface area contributed by atoms with Crippen LogP contribution < -0.4 is 0 Å². The molecule has 1 aliphatic rings. The van der Waals surface area contributed by atoms with Crippen molar-refractivity contribution < 1.29 is 0 Å². The predicted molar refractivity (Wildman–Crippen MR) is 105 cm³/mol. The average molecular weight is 342 g/mol. The Hall–Kier alpha value is -2.88. The van der Waals surface area contributed by atoms with Crippen LogP contribution in [0.25, 0.3) is 33.3 Å². The highest BCUT2D eigenvalue weighted by Crippen LogP contribution is 2.33. The van der Waals surface area contributed by atoms with Gasteiger partial charge in [-0.3, -0.25) is 0 Å². The number of benzene rings is 2. The molecule has 5 rings (SSSR count). The molecule has 130 valence electrons. The van der Waals surface area contributed by atoms with Crippen molar-refractivity contribution in [3.8, 4) is 22.4 Å². The fraction of sp³-hybridized carbons (Fsp3) is 0.273. The van der Waals surface area contributed by atoms with Gasteiger partial charge >= 0.3 is 0 Å². The van der Waals surface area contributed by atoms with Gasteiger partial charge in [0.2, 0.25) is 0 Å². The first-order chi connectivity index (χ1) is 12.8. The summed E-state index contributed by atoms with van der Waals surface area (Å²) in [5, 5.41) is 9.80. The standard InChI is InChI=1S/C22H22N4/c1-25-13-12-19-14-18(10-11-21(19)25)16-6-8-17(9-7-16)22-15-23-24-26(22)20-4-2-3-5-20/h6-15,20H,2-5H2,1H3. The maximum Gasteiger partial charge on any atom is 0.0888 e. The van der Waals surface area contributed by atoms with Gasteiger partial charge in [0, 0.05) is 29.7 Å². The van der Waals surface area contributed by atoms with Gasteiger partial charge < -0.3 is 4.57 Å². The minimum Gasteiger partial charge on any atom is -0.351 e. The normalized spacial score (nSPS) is 15.1. The Kier molecular flexibility index (Phi) is 3.63. The van der Waals surface area contributed by atoms with Crippen LogP contribution in [0.2, 0.25) is 0 Å². The smallest absolute Gasteiger partial charge is 0.0888 e. The third-order valence-electron chi connectivity index (χ3n) is 5.64. The first-order valence-corrected chi connectivity index (χ1v) is 9.36. The molecule has 4 nitrogen and oxygen atoms in total. The Morgan fingerprint density at radius 2 is 1.62 bits per heavy atom. The van der Waals surface area contributed by atoms with Gasteiger partial charge in [-0.2, -0.15) is 0 Å². The van der Waals surface area contributed by atoms with Crippen LogP contribution in [0.4, 0.5) is 0 Å². The summed E-state index contributed by atoms with van der Waals surface area (Å²) in [5.74, 6) is 0. The number of aromatic nitrogens is 4. The molecule has 0 radical (unpaired) electrons. The van der Waals surface area contributed by atoms with Gasteiger partial charge in [-0.05, 0) is 42.2 Å². The third kappa shape index (κ3) is 2.53. The predicted octanol–water partition coefficient (Wildman–Crippen LogP) is 5.22. The molecule has 2 heterocycles. The van der Waals surface area contributed by atoms with Gasteiger partial charge in [0.25, 0.3) is 0 Å². The minimum absolute atomic E-state index is 0.507. The number of hydrogen-bond acceptors (Lipinski definition) is 2. The zero-order valence-electron chi connectivity index (χ0n) is 15.0. The van der Waals surface area contributed by atoms with E-state index in [2.05, 4.69) is 81.3 Å². The van der Waals surface area contributed by atoms with Crippen molar-refractivity contribution >= 4 is 10.9 Å². The second-order valence-corrected chi connectivity index (χ2v) is 7.28. The Labute approximate surface area is 153 Å². The van der Waals surface area contributed by atoms with E-state index in [1.54, 1.807) is 0 Å². The lowest BCUT2D eigenvalue weighted by Gasteiger charge is -2.13. The van der Waals surface area contributed by atoms with Crippen LogP contribution >= 0.6 is 0 Å². The summed E-state index contributed by atoms with van der Waals surface area (Å²) >= 11 is 0. The molecule has 0 spiro atoms. The lowest BCUT2D eigenvalue weighted by atomic mass is 10.0. The molecule has 2 aromatic carbocycles. The van der Waals surface area contributed by atoms with Gasteiger partial charge in [0.15, 0.2) is 0 Å². The molecule has 0 atom stereocenters. The fourth-order valence-electron chi connectivity index (χ4n) is 4.16. The first kappa shape index (κ1) is 15.4. The van der Waals surface area contributed by atoms with E-state index < -0.39 is 0 Å². The number of aryl methyl sites for hydroxylation is 1. The zero-order valence-corrected chi connectivity index (χ0v) is 15.0. The molecule has 1 saturated carbocycles. The molecule has 0 saturated heterocycles. The lowest BCUT2D eigenvalue weighted by molar-refractivity contribution is 0.458. The summed E-state index contributed by atoms with van der Waals surface area (Å²) < 4.78 is 4.28. The molecule has 4 aromatic rings. The monoisotopic (exact) mass is 342 g/mol. The lowest BCUT2D eigenvalue weighted by Crippen LogP contribution is -2.08. The van der Waals surface area contributed by atoms with Gasteiger partial charge in [-0.1, -0.05) is 48.4 Å². The van der Waals surface area contributed by atoms with E-state index in [4.69, 9.17) is 0 Å².